The quantitative estimate of drug-likeness (QED) is 0.160. The molecule has 4 heterocycles. The van der Waals surface area contributed by atoms with E-state index in [4.69, 9.17) is 30.3 Å². The molecule has 12 rings (SSSR count). The molecular weight excluding hydrogens is 855 g/mol. The minimum Gasteiger partial charge on any atom is -0.457 e. The number of aryl methyl sites for hydroxylation is 2. The standard InChI is InChI=1S/C64H57N5O/c1-41-20-18-31-57-62(41)67(47-34-44(63(3,4)5)33-45(35-47)64(6,7)8)40-66(57)46-23-19-24-48(36-46)70-49-37-58(68-54-28-15-12-25-50(54)51-26-13-16-29-55(51)68)61-52-27-14-17-30-56(52)69(59(61)38-49)60-32-42(2)53(39-65-60)43-21-10-9-11-22-43/h9-39H,40H2,1-8H3/i1D3,2D3,9D,10D,11D,12D,13D,15D,16D,21D,22D,25D,26D,28D,29D. The highest BCUT2D eigenvalue weighted by molar-refractivity contribution is 6.16. The minimum atomic E-state index is -2.97. The number of para-hydroxylation sites is 4. The van der Waals surface area contributed by atoms with Gasteiger partial charge in [-0.15, -0.1) is 0 Å². The van der Waals surface area contributed by atoms with Crippen LogP contribution in [0, 0.1) is 13.7 Å². The predicted molar refractivity (Wildman–Crippen MR) is 294 cm³/mol. The van der Waals surface area contributed by atoms with Crippen LogP contribution in [0.1, 0.15) is 89.8 Å². The fraction of sp³-hybridized carbons (Fsp3) is 0.172. The minimum absolute atomic E-state index is 0.0223. The summed E-state index contributed by atoms with van der Waals surface area (Å²) in [4.78, 5) is 8.79. The van der Waals surface area contributed by atoms with Crippen molar-refractivity contribution in [3.63, 3.8) is 0 Å². The van der Waals surface area contributed by atoms with Gasteiger partial charge in [-0.25, -0.2) is 4.98 Å². The summed E-state index contributed by atoms with van der Waals surface area (Å²) in [5.74, 6) is 0.300. The van der Waals surface area contributed by atoms with Crippen molar-refractivity contribution < 1.29 is 30.8 Å². The van der Waals surface area contributed by atoms with E-state index in [1.807, 2.05) is 21.9 Å². The zero-order valence-electron chi connectivity index (χ0n) is 58.2. The normalized spacial score (nSPS) is 17.3. The second-order valence-electron chi connectivity index (χ2n) is 19.6. The molecule has 0 spiro atoms. The summed E-state index contributed by atoms with van der Waals surface area (Å²) in [5.41, 5.74) is 3.66. The first-order valence-corrected chi connectivity index (χ1v) is 22.9. The first-order valence-electron chi connectivity index (χ1n) is 32.4. The van der Waals surface area contributed by atoms with E-state index in [-0.39, 0.29) is 84.5 Å². The first-order chi connectivity index (χ1) is 41.6. The molecule has 0 aliphatic carbocycles. The summed E-state index contributed by atoms with van der Waals surface area (Å²) in [6, 6.07) is 22.1. The summed E-state index contributed by atoms with van der Waals surface area (Å²) < 4.78 is 178. The van der Waals surface area contributed by atoms with Gasteiger partial charge in [0, 0.05) is 71.1 Å². The highest BCUT2D eigenvalue weighted by Gasteiger charge is 2.32. The van der Waals surface area contributed by atoms with E-state index >= 15 is 0 Å². The Morgan fingerprint density at radius 3 is 1.93 bits per heavy atom. The Bertz CT molecular complexity index is 4720. The average Bonchev–Trinajstić information content (AvgIpc) is 1.62. The third-order valence-corrected chi connectivity index (χ3v) is 13.1. The van der Waals surface area contributed by atoms with Crippen molar-refractivity contribution in [3.05, 3.63) is 210 Å². The number of ether oxygens (including phenoxy) is 1. The van der Waals surface area contributed by atoms with Crippen LogP contribution >= 0.6 is 0 Å². The summed E-state index contributed by atoms with van der Waals surface area (Å²) in [5, 5.41) is 0.437. The maximum atomic E-state index is 9.50. The summed E-state index contributed by atoms with van der Waals surface area (Å²) in [6.07, 6.45) is 1.14. The Balaban J connectivity index is 1.13. The Morgan fingerprint density at radius 2 is 1.21 bits per heavy atom. The predicted octanol–water partition coefficient (Wildman–Crippen LogP) is 17.2. The van der Waals surface area contributed by atoms with Gasteiger partial charge in [0.1, 0.15) is 24.0 Å². The van der Waals surface area contributed by atoms with E-state index in [2.05, 4.69) is 59.7 Å². The van der Waals surface area contributed by atoms with Crippen LogP contribution in [0.25, 0.3) is 66.2 Å². The number of fused-ring (bicyclic) bond motifs is 7. The van der Waals surface area contributed by atoms with E-state index < -0.39 is 97.8 Å². The third kappa shape index (κ3) is 7.20. The SMILES string of the molecule is [2H]c1c([2H])c([2H])c(-c2cnc(-n3c4ccccc4c4c(-n5c6c([2H])c([2H])c([2H])c([2H])c6c6c([2H])c([2H])c([2H])c([2H])c65)cc(Oc5cccc(N6CN(c7cc(C(C)(C)C)cc(C(C)(C)C)c7)c7c6cccc7C([2H])([2H])[2H])c5)cc43)cc2C([2H])([2H])[2H])c([2H])c1[2H]. The lowest BCUT2D eigenvalue weighted by Crippen LogP contribution is -2.25. The Kier molecular flexibility index (Phi) is 6.32. The maximum absolute atomic E-state index is 9.50. The van der Waals surface area contributed by atoms with Gasteiger partial charge in [0.05, 0.1) is 56.9 Å². The van der Waals surface area contributed by atoms with Gasteiger partial charge in [-0.3, -0.25) is 4.57 Å². The van der Waals surface area contributed by atoms with Crippen LogP contribution in [0.5, 0.6) is 11.5 Å². The number of pyridine rings is 1. The molecule has 0 bridgehead atoms. The zero-order valence-corrected chi connectivity index (χ0v) is 39.2. The highest BCUT2D eigenvalue weighted by Crippen LogP contribution is 2.49. The van der Waals surface area contributed by atoms with Crippen molar-refractivity contribution in [2.45, 2.75) is 66.1 Å². The van der Waals surface area contributed by atoms with E-state index in [9.17, 15) is 5.48 Å². The van der Waals surface area contributed by atoms with Gasteiger partial charge in [-0.1, -0.05) is 150 Å². The van der Waals surface area contributed by atoms with Crippen molar-refractivity contribution in [1.29, 1.82) is 0 Å². The maximum Gasteiger partial charge on any atom is 0.137 e. The van der Waals surface area contributed by atoms with Crippen molar-refractivity contribution in [3.8, 4) is 34.1 Å². The molecule has 3 aromatic heterocycles. The van der Waals surface area contributed by atoms with Crippen LogP contribution < -0.4 is 14.5 Å². The van der Waals surface area contributed by atoms with E-state index in [1.165, 1.54) is 10.6 Å². The van der Waals surface area contributed by atoms with Crippen LogP contribution in [0.15, 0.2) is 188 Å². The van der Waals surface area contributed by atoms with Gasteiger partial charge in [0.2, 0.25) is 0 Å². The lowest BCUT2D eigenvalue weighted by Gasteiger charge is -2.29. The molecule has 8 aromatic carbocycles. The topological polar surface area (TPSA) is 38.5 Å². The Morgan fingerprint density at radius 1 is 0.529 bits per heavy atom. The van der Waals surface area contributed by atoms with Crippen molar-refractivity contribution in [2.75, 3.05) is 16.5 Å². The molecule has 70 heavy (non-hydrogen) atoms. The fourth-order valence-corrected chi connectivity index (χ4v) is 9.58. The van der Waals surface area contributed by atoms with Gasteiger partial charge in [-0.2, -0.15) is 0 Å². The highest BCUT2D eigenvalue weighted by atomic mass is 16.5. The lowest BCUT2D eigenvalue weighted by atomic mass is 9.80. The van der Waals surface area contributed by atoms with E-state index in [0.29, 0.717) is 33.4 Å². The monoisotopic (exact) mass is 931 g/mol. The van der Waals surface area contributed by atoms with Crippen LogP contribution in [-0.2, 0) is 10.8 Å². The summed E-state index contributed by atoms with van der Waals surface area (Å²) in [6.45, 7) is 7.51. The molecule has 6 heteroatoms. The number of anilines is 4. The number of benzene rings is 8. The molecule has 0 radical (unpaired) electrons. The van der Waals surface area contributed by atoms with Crippen LogP contribution in [-0.4, -0.2) is 20.8 Å². The van der Waals surface area contributed by atoms with Crippen molar-refractivity contribution >= 4 is 66.4 Å². The van der Waals surface area contributed by atoms with E-state index in [1.54, 1.807) is 71.3 Å². The molecule has 0 N–H and O–H groups in total. The first kappa shape index (κ1) is 27.2. The van der Waals surface area contributed by atoms with Gasteiger partial charge in [0.25, 0.3) is 0 Å². The number of rotatable bonds is 7. The van der Waals surface area contributed by atoms with Gasteiger partial charge in [0.15, 0.2) is 0 Å². The van der Waals surface area contributed by atoms with Crippen molar-refractivity contribution in [2.24, 2.45) is 0 Å². The molecule has 0 saturated carbocycles. The molecule has 0 atom stereocenters. The molecule has 0 unspecified atom stereocenters. The Labute approximate surface area is 437 Å². The molecule has 1 aliphatic heterocycles. The summed E-state index contributed by atoms with van der Waals surface area (Å²) in [7, 11) is 0. The fourth-order valence-electron chi connectivity index (χ4n) is 9.58. The lowest BCUT2D eigenvalue weighted by molar-refractivity contribution is 0.483. The number of aromatic nitrogens is 3. The van der Waals surface area contributed by atoms with Gasteiger partial charge >= 0.3 is 0 Å². The number of hydrogen-bond donors (Lipinski definition) is 0. The van der Waals surface area contributed by atoms with Gasteiger partial charge < -0.3 is 19.1 Å². The van der Waals surface area contributed by atoms with Gasteiger partial charge in [-0.05, 0) is 107 Å². The molecule has 0 saturated heterocycles. The number of nitrogens with zero attached hydrogens (tertiary/aromatic N) is 5. The number of hydrogen-bond acceptors (Lipinski definition) is 4. The molecule has 1 aliphatic rings. The molecule has 11 aromatic rings. The van der Waals surface area contributed by atoms with Crippen LogP contribution in [0.2, 0.25) is 0 Å². The zero-order chi connectivity index (χ0) is 64.4. The van der Waals surface area contributed by atoms with Crippen LogP contribution in [0.4, 0.5) is 22.7 Å². The Hall–Kier alpha value is -8.09. The molecule has 0 fully saturated rings. The average molecular weight is 931 g/mol. The second-order valence-corrected chi connectivity index (χ2v) is 19.6. The molecule has 0 amide bonds. The van der Waals surface area contributed by atoms with Crippen LogP contribution in [0.3, 0.4) is 0 Å². The largest absolute Gasteiger partial charge is 0.457 e. The van der Waals surface area contributed by atoms with Crippen molar-refractivity contribution in [1.82, 2.24) is 14.1 Å². The third-order valence-electron chi connectivity index (χ3n) is 13.1. The molecule has 6 nitrogen and oxygen atoms in total. The molecule has 344 valence electrons. The summed E-state index contributed by atoms with van der Waals surface area (Å²) >= 11 is 0. The van der Waals surface area contributed by atoms with E-state index in [0.717, 1.165) is 23.0 Å². The smallest absolute Gasteiger partial charge is 0.137 e. The second kappa shape index (κ2) is 16.3. The molecular formula is C64H57N5O.